The Morgan fingerprint density at radius 2 is 1.86 bits per heavy atom. The smallest absolute Gasteiger partial charge is 0.328 e. The average Bonchev–Trinajstić information content (AvgIpc) is 2.95. The molecule has 0 bridgehead atoms. The molecule has 2 rings (SSSR count). The first-order chi connectivity index (χ1) is 10.0. The number of methoxy groups -OCH3 is 2. The minimum absolute atomic E-state index is 0.669. The van der Waals surface area contributed by atoms with Crippen molar-refractivity contribution in [2.45, 2.75) is 6.92 Å². The maximum atomic E-state index is 10.7. The minimum atomic E-state index is -0.937. The quantitative estimate of drug-likeness (QED) is 0.851. The van der Waals surface area contributed by atoms with Crippen molar-refractivity contribution in [3.05, 3.63) is 41.3 Å². The first kappa shape index (κ1) is 15.1. The first-order valence-electron chi connectivity index (χ1n) is 6.29. The molecule has 1 aromatic heterocycles. The molecule has 5 heteroatoms. The number of allylic oxidation sites excluding steroid dienone is 1. The number of carboxylic acids is 1. The zero-order valence-corrected chi connectivity index (χ0v) is 12.9. The van der Waals surface area contributed by atoms with E-state index in [0.29, 0.717) is 11.5 Å². The summed E-state index contributed by atoms with van der Waals surface area (Å²) in [5.41, 5.74) is 1.74. The number of aliphatic carboxylic acids is 1. The zero-order valence-electron chi connectivity index (χ0n) is 12.0. The Labute approximate surface area is 127 Å². The van der Waals surface area contributed by atoms with Crippen molar-refractivity contribution in [2.24, 2.45) is 0 Å². The van der Waals surface area contributed by atoms with E-state index < -0.39 is 5.97 Å². The van der Waals surface area contributed by atoms with Crippen molar-refractivity contribution in [1.82, 2.24) is 0 Å². The summed E-state index contributed by atoms with van der Waals surface area (Å²) in [6, 6.07) is 9.61. The molecule has 0 unspecified atom stereocenters. The third-order valence-corrected chi connectivity index (χ3v) is 4.27. The van der Waals surface area contributed by atoms with Crippen LogP contribution in [0.4, 0.5) is 0 Å². The summed E-state index contributed by atoms with van der Waals surface area (Å²) in [6.07, 6.45) is 1.21. The zero-order chi connectivity index (χ0) is 15.4. The van der Waals surface area contributed by atoms with Crippen LogP contribution < -0.4 is 9.47 Å². The van der Waals surface area contributed by atoms with Crippen LogP contribution in [0.2, 0.25) is 0 Å². The molecule has 0 saturated heterocycles. The Hall–Kier alpha value is -2.27. The lowest BCUT2D eigenvalue weighted by Gasteiger charge is -2.08. The molecule has 0 aliphatic heterocycles. The molecule has 0 aliphatic carbocycles. The lowest BCUT2D eigenvalue weighted by atomic mass is 10.1. The van der Waals surface area contributed by atoms with Crippen LogP contribution in [0.3, 0.4) is 0 Å². The molecule has 2 aromatic rings. The highest BCUT2D eigenvalue weighted by Gasteiger charge is 2.09. The maximum absolute atomic E-state index is 10.7. The van der Waals surface area contributed by atoms with Gasteiger partial charge in [0.05, 0.1) is 14.2 Å². The van der Waals surface area contributed by atoms with Crippen LogP contribution in [0, 0.1) is 0 Å². The van der Waals surface area contributed by atoms with Gasteiger partial charge in [-0.25, -0.2) is 4.79 Å². The van der Waals surface area contributed by atoms with E-state index in [1.165, 1.54) is 6.08 Å². The summed E-state index contributed by atoms with van der Waals surface area (Å²) >= 11 is 1.54. The average molecular weight is 304 g/mol. The number of thiophene rings is 1. The number of rotatable bonds is 5. The van der Waals surface area contributed by atoms with Gasteiger partial charge in [0.25, 0.3) is 0 Å². The molecule has 0 radical (unpaired) electrons. The van der Waals surface area contributed by atoms with Gasteiger partial charge in [0.15, 0.2) is 11.5 Å². The number of hydrogen-bond donors (Lipinski definition) is 1. The van der Waals surface area contributed by atoms with E-state index >= 15 is 0 Å². The van der Waals surface area contributed by atoms with Gasteiger partial charge in [-0.2, -0.15) is 0 Å². The van der Waals surface area contributed by atoms with E-state index in [1.807, 2.05) is 30.3 Å². The molecule has 0 amide bonds. The van der Waals surface area contributed by atoms with E-state index in [0.717, 1.165) is 20.9 Å². The largest absolute Gasteiger partial charge is 0.493 e. The summed E-state index contributed by atoms with van der Waals surface area (Å²) in [4.78, 5) is 12.7. The second-order valence-electron chi connectivity index (χ2n) is 4.40. The van der Waals surface area contributed by atoms with E-state index in [-0.39, 0.29) is 0 Å². The molecule has 110 valence electrons. The second-order valence-corrected chi connectivity index (χ2v) is 5.48. The Morgan fingerprint density at radius 1 is 1.14 bits per heavy atom. The number of benzene rings is 1. The Kier molecular flexibility index (Phi) is 4.65. The standard InChI is InChI=1S/C16H16O4S/c1-10(8-16(17)18)14-6-7-15(21-14)11-4-5-12(19-2)13(9-11)20-3/h4-9H,1-3H3,(H,17,18)/b10-8+. The van der Waals surface area contributed by atoms with Crippen molar-refractivity contribution < 1.29 is 19.4 Å². The fourth-order valence-corrected chi connectivity index (χ4v) is 2.92. The minimum Gasteiger partial charge on any atom is -0.493 e. The lowest BCUT2D eigenvalue weighted by Crippen LogP contribution is -1.90. The molecular formula is C16H16O4S. The van der Waals surface area contributed by atoms with E-state index in [1.54, 1.807) is 32.5 Å². The molecule has 4 nitrogen and oxygen atoms in total. The number of carbonyl (C=O) groups is 1. The van der Waals surface area contributed by atoms with Gasteiger partial charge in [0.2, 0.25) is 0 Å². The van der Waals surface area contributed by atoms with Gasteiger partial charge < -0.3 is 14.6 Å². The molecule has 1 N–H and O–H groups in total. The van der Waals surface area contributed by atoms with Gasteiger partial charge in [-0.3, -0.25) is 0 Å². The Bertz CT molecular complexity index is 685. The number of carboxylic acid groups (broad SMARTS) is 1. The van der Waals surface area contributed by atoms with Gasteiger partial charge in [-0.15, -0.1) is 11.3 Å². The maximum Gasteiger partial charge on any atom is 0.328 e. The summed E-state index contributed by atoms with van der Waals surface area (Å²) < 4.78 is 10.5. The van der Waals surface area contributed by atoms with Gasteiger partial charge in [-0.1, -0.05) is 0 Å². The second kappa shape index (κ2) is 6.45. The molecule has 21 heavy (non-hydrogen) atoms. The van der Waals surface area contributed by atoms with Crippen LogP contribution in [0.15, 0.2) is 36.4 Å². The van der Waals surface area contributed by atoms with Crippen LogP contribution in [0.1, 0.15) is 11.8 Å². The Balaban J connectivity index is 2.36. The molecule has 0 spiro atoms. The van der Waals surface area contributed by atoms with Crippen molar-refractivity contribution in [3.8, 4) is 21.9 Å². The normalized spacial score (nSPS) is 11.3. The summed E-state index contributed by atoms with van der Waals surface area (Å²) in [7, 11) is 3.20. The molecule has 1 heterocycles. The SMILES string of the molecule is COc1ccc(-c2ccc(/C(C)=C/C(=O)O)s2)cc1OC. The first-order valence-corrected chi connectivity index (χ1v) is 7.10. The van der Waals surface area contributed by atoms with Crippen LogP contribution in [-0.2, 0) is 4.79 Å². The summed E-state index contributed by atoms with van der Waals surface area (Å²) in [5, 5.41) is 8.79. The van der Waals surface area contributed by atoms with E-state index in [4.69, 9.17) is 14.6 Å². The lowest BCUT2D eigenvalue weighted by molar-refractivity contribution is -0.131. The van der Waals surface area contributed by atoms with Gasteiger partial charge in [0, 0.05) is 15.8 Å². The van der Waals surface area contributed by atoms with E-state index in [9.17, 15) is 4.79 Å². The number of hydrogen-bond acceptors (Lipinski definition) is 4. The number of ether oxygens (including phenoxy) is 2. The molecular weight excluding hydrogens is 288 g/mol. The molecule has 0 aliphatic rings. The van der Waals surface area contributed by atoms with E-state index in [2.05, 4.69) is 0 Å². The highest BCUT2D eigenvalue weighted by atomic mass is 32.1. The molecule has 0 saturated carbocycles. The van der Waals surface area contributed by atoms with Gasteiger partial charge >= 0.3 is 5.97 Å². The van der Waals surface area contributed by atoms with Crippen LogP contribution in [0.5, 0.6) is 11.5 Å². The Morgan fingerprint density at radius 3 is 2.48 bits per heavy atom. The van der Waals surface area contributed by atoms with Crippen molar-refractivity contribution in [2.75, 3.05) is 14.2 Å². The molecule has 0 fully saturated rings. The van der Waals surface area contributed by atoms with Crippen LogP contribution in [-0.4, -0.2) is 25.3 Å². The van der Waals surface area contributed by atoms with Crippen LogP contribution >= 0.6 is 11.3 Å². The van der Waals surface area contributed by atoms with Gasteiger partial charge in [0.1, 0.15) is 0 Å². The molecule has 0 atom stereocenters. The monoisotopic (exact) mass is 304 g/mol. The van der Waals surface area contributed by atoms with Crippen LogP contribution in [0.25, 0.3) is 16.0 Å². The molecule has 1 aromatic carbocycles. The third kappa shape index (κ3) is 3.44. The van der Waals surface area contributed by atoms with Gasteiger partial charge in [-0.05, 0) is 48.4 Å². The topological polar surface area (TPSA) is 55.8 Å². The van der Waals surface area contributed by atoms with Crippen molar-refractivity contribution in [3.63, 3.8) is 0 Å². The fourth-order valence-electron chi connectivity index (χ4n) is 1.95. The summed E-state index contributed by atoms with van der Waals surface area (Å²) in [5.74, 6) is 0.413. The predicted molar refractivity (Wildman–Crippen MR) is 84.1 cm³/mol. The highest BCUT2D eigenvalue weighted by molar-refractivity contribution is 7.16. The highest BCUT2D eigenvalue weighted by Crippen LogP contribution is 2.36. The predicted octanol–water partition coefficient (Wildman–Crippen LogP) is 3.92. The van der Waals surface area contributed by atoms with Crippen molar-refractivity contribution >= 4 is 22.9 Å². The van der Waals surface area contributed by atoms with Crippen molar-refractivity contribution in [1.29, 1.82) is 0 Å². The third-order valence-electron chi connectivity index (χ3n) is 3.00. The fraction of sp³-hybridized carbons (Fsp3) is 0.188. The summed E-state index contributed by atoms with van der Waals surface area (Å²) in [6.45, 7) is 1.79.